The van der Waals surface area contributed by atoms with Crippen molar-refractivity contribution >= 4 is 27.5 Å². The van der Waals surface area contributed by atoms with Crippen LogP contribution in [0.1, 0.15) is 32.8 Å². The number of sulfonamides is 1. The molecule has 0 radical (unpaired) electrons. The van der Waals surface area contributed by atoms with Gasteiger partial charge in [0.1, 0.15) is 24.2 Å². The largest absolute Gasteiger partial charge is 0.497 e. The second kappa shape index (κ2) is 13.2. The molecule has 0 bridgehead atoms. The van der Waals surface area contributed by atoms with Crippen LogP contribution in [0.2, 0.25) is 0 Å². The average Bonchev–Trinajstić information content (AvgIpc) is 2.95. The van der Waals surface area contributed by atoms with Gasteiger partial charge in [-0.1, -0.05) is 43.3 Å². The average molecular weight is 556 g/mol. The van der Waals surface area contributed by atoms with Gasteiger partial charge in [0.15, 0.2) is 0 Å². The van der Waals surface area contributed by atoms with E-state index in [1.54, 1.807) is 43.3 Å². The first-order valence-corrected chi connectivity index (χ1v) is 14.1. The zero-order valence-corrected chi connectivity index (χ0v) is 23.3. The number of hydrogen-bond acceptors (Lipinski definition) is 5. The quantitative estimate of drug-likeness (QED) is 0.358. The highest BCUT2D eigenvalue weighted by molar-refractivity contribution is 7.92. The zero-order valence-electron chi connectivity index (χ0n) is 22.5. The van der Waals surface area contributed by atoms with Crippen LogP contribution in [0.25, 0.3) is 0 Å². The maximum absolute atomic E-state index is 14.6. The van der Waals surface area contributed by atoms with Crippen molar-refractivity contribution in [2.75, 3.05) is 18.0 Å². The Labute approximate surface area is 229 Å². The second-order valence-electron chi connectivity index (χ2n) is 9.13. The van der Waals surface area contributed by atoms with Crippen LogP contribution in [0.5, 0.6) is 5.75 Å². The summed E-state index contributed by atoms with van der Waals surface area (Å²) in [5, 5.41) is 2.85. The molecule has 2 atom stereocenters. The number of methoxy groups -OCH3 is 1. The lowest BCUT2D eigenvalue weighted by atomic mass is 10.1. The number of halogens is 1. The number of hydrogen-bond donors (Lipinski definition) is 1. The van der Waals surface area contributed by atoms with Crippen LogP contribution in [0.4, 0.5) is 10.1 Å². The number of carbonyl (C=O) groups is 2. The lowest BCUT2D eigenvalue weighted by Gasteiger charge is -2.32. The van der Waals surface area contributed by atoms with Crippen molar-refractivity contribution in [1.29, 1.82) is 0 Å². The molecule has 0 saturated carbocycles. The van der Waals surface area contributed by atoms with Crippen molar-refractivity contribution in [3.8, 4) is 5.75 Å². The van der Waals surface area contributed by atoms with E-state index in [1.165, 1.54) is 54.5 Å². The third kappa shape index (κ3) is 7.35. The van der Waals surface area contributed by atoms with E-state index in [0.29, 0.717) is 12.2 Å². The summed E-state index contributed by atoms with van der Waals surface area (Å²) in [6.45, 7) is 4.48. The minimum absolute atomic E-state index is 0.0387. The summed E-state index contributed by atoms with van der Waals surface area (Å²) in [6.07, 6.45) is 0.682. The number of nitrogens with zero attached hydrogens (tertiary/aromatic N) is 2. The van der Waals surface area contributed by atoms with Gasteiger partial charge in [0.05, 0.1) is 17.7 Å². The Kier molecular flexibility index (Phi) is 10.1. The molecule has 10 heteroatoms. The van der Waals surface area contributed by atoms with Gasteiger partial charge in [0.25, 0.3) is 10.0 Å². The Hall–Kier alpha value is -3.92. The maximum atomic E-state index is 14.6. The predicted molar refractivity (Wildman–Crippen MR) is 148 cm³/mol. The summed E-state index contributed by atoms with van der Waals surface area (Å²) in [6, 6.07) is 18.9. The van der Waals surface area contributed by atoms with Gasteiger partial charge >= 0.3 is 0 Å². The van der Waals surface area contributed by atoms with Gasteiger partial charge in [-0.05, 0) is 62.7 Å². The van der Waals surface area contributed by atoms with E-state index < -0.39 is 40.2 Å². The number of para-hydroxylation sites is 1. The van der Waals surface area contributed by atoms with E-state index in [9.17, 15) is 22.4 Å². The van der Waals surface area contributed by atoms with E-state index in [2.05, 4.69) is 5.32 Å². The van der Waals surface area contributed by atoms with Gasteiger partial charge in [0, 0.05) is 18.2 Å². The SMILES string of the molecule is CC[C@H](C)NC(=O)[C@@H](C)N(Cc1ccccc1F)C(=O)CN(c1ccccc1)S(=O)(=O)c1ccc(OC)cc1. The molecular weight excluding hydrogens is 521 g/mol. The van der Waals surface area contributed by atoms with Gasteiger partial charge in [0.2, 0.25) is 11.8 Å². The molecule has 39 heavy (non-hydrogen) atoms. The molecule has 0 aromatic heterocycles. The number of benzene rings is 3. The highest BCUT2D eigenvalue weighted by Gasteiger charge is 2.33. The van der Waals surface area contributed by atoms with Crippen LogP contribution in [-0.2, 0) is 26.2 Å². The molecule has 0 unspecified atom stereocenters. The first-order valence-electron chi connectivity index (χ1n) is 12.6. The van der Waals surface area contributed by atoms with Crippen LogP contribution >= 0.6 is 0 Å². The molecule has 8 nitrogen and oxygen atoms in total. The normalized spacial score (nSPS) is 12.7. The number of anilines is 1. The van der Waals surface area contributed by atoms with Crippen molar-refractivity contribution in [3.63, 3.8) is 0 Å². The summed E-state index contributed by atoms with van der Waals surface area (Å²) in [7, 11) is -2.73. The Morgan fingerprint density at radius 2 is 1.56 bits per heavy atom. The third-order valence-corrected chi connectivity index (χ3v) is 8.23. The highest BCUT2D eigenvalue weighted by atomic mass is 32.2. The lowest BCUT2D eigenvalue weighted by Crippen LogP contribution is -2.52. The molecule has 3 aromatic carbocycles. The molecule has 0 aliphatic rings. The molecule has 0 saturated heterocycles. The van der Waals surface area contributed by atoms with Gasteiger partial charge < -0.3 is 15.0 Å². The standard InChI is InChI=1S/C29H34FN3O5S/c1-5-21(2)31-29(35)22(3)32(19-23-11-9-10-14-27(23)30)28(34)20-33(24-12-7-6-8-13-24)39(36,37)26-17-15-25(38-4)16-18-26/h6-18,21-22H,5,19-20H2,1-4H3,(H,31,35)/t21-,22+/m0/s1. The molecule has 0 fully saturated rings. The van der Waals surface area contributed by atoms with Crippen molar-refractivity contribution in [2.24, 2.45) is 0 Å². The van der Waals surface area contributed by atoms with Crippen LogP contribution in [0.15, 0.2) is 83.8 Å². The fourth-order valence-electron chi connectivity index (χ4n) is 3.86. The molecule has 3 rings (SSSR count). The van der Waals surface area contributed by atoms with Crippen LogP contribution in [0.3, 0.4) is 0 Å². The summed E-state index contributed by atoms with van der Waals surface area (Å²) in [5.74, 6) is -1.13. The summed E-state index contributed by atoms with van der Waals surface area (Å²) in [4.78, 5) is 28.0. The first kappa shape index (κ1) is 29.6. The molecule has 1 N–H and O–H groups in total. The lowest BCUT2D eigenvalue weighted by molar-refractivity contribution is -0.139. The molecule has 0 heterocycles. The van der Waals surface area contributed by atoms with Gasteiger partial charge in [-0.2, -0.15) is 0 Å². The third-order valence-electron chi connectivity index (χ3n) is 6.44. The Morgan fingerprint density at radius 3 is 2.15 bits per heavy atom. The molecular formula is C29H34FN3O5S. The second-order valence-corrected chi connectivity index (χ2v) is 11.0. The highest BCUT2D eigenvalue weighted by Crippen LogP contribution is 2.26. The summed E-state index contributed by atoms with van der Waals surface area (Å²) in [5.41, 5.74) is 0.475. The Morgan fingerprint density at radius 1 is 0.949 bits per heavy atom. The number of ether oxygens (including phenoxy) is 1. The van der Waals surface area contributed by atoms with E-state index >= 15 is 0 Å². The van der Waals surface area contributed by atoms with Crippen LogP contribution in [0, 0.1) is 5.82 Å². The molecule has 0 aliphatic heterocycles. The summed E-state index contributed by atoms with van der Waals surface area (Å²) < 4.78 is 48.2. The first-order chi connectivity index (χ1) is 18.6. The number of amides is 2. The van der Waals surface area contributed by atoms with Crippen LogP contribution in [-0.4, -0.2) is 50.9 Å². The van der Waals surface area contributed by atoms with Gasteiger partial charge in [-0.15, -0.1) is 0 Å². The smallest absolute Gasteiger partial charge is 0.264 e. The van der Waals surface area contributed by atoms with E-state index in [1.807, 2.05) is 13.8 Å². The Bertz CT molecular complexity index is 1370. The Balaban J connectivity index is 2.01. The van der Waals surface area contributed by atoms with Crippen molar-refractivity contribution < 1.29 is 27.1 Å². The van der Waals surface area contributed by atoms with E-state index in [-0.39, 0.29) is 28.7 Å². The van der Waals surface area contributed by atoms with E-state index in [0.717, 1.165) is 4.31 Å². The molecule has 3 aromatic rings. The fourth-order valence-corrected chi connectivity index (χ4v) is 5.27. The van der Waals surface area contributed by atoms with Gasteiger partial charge in [-0.3, -0.25) is 13.9 Å². The minimum atomic E-state index is -4.20. The topological polar surface area (TPSA) is 96.0 Å². The molecule has 208 valence electrons. The maximum Gasteiger partial charge on any atom is 0.264 e. The minimum Gasteiger partial charge on any atom is -0.497 e. The number of rotatable bonds is 12. The van der Waals surface area contributed by atoms with Gasteiger partial charge in [-0.25, -0.2) is 12.8 Å². The molecule has 2 amide bonds. The predicted octanol–water partition coefficient (Wildman–Crippen LogP) is 4.36. The number of nitrogens with one attached hydrogen (secondary N) is 1. The van der Waals surface area contributed by atoms with Crippen molar-refractivity contribution in [1.82, 2.24) is 10.2 Å². The molecule has 0 spiro atoms. The zero-order chi connectivity index (χ0) is 28.6. The van der Waals surface area contributed by atoms with Crippen molar-refractivity contribution in [3.05, 3.63) is 90.2 Å². The fraction of sp³-hybridized carbons (Fsp3) is 0.310. The number of carbonyl (C=O) groups excluding carboxylic acids is 2. The van der Waals surface area contributed by atoms with E-state index in [4.69, 9.17) is 4.74 Å². The summed E-state index contributed by atoms with van der Waals surface area (Å²) >= 11 is 0. The molecule has 0 aliphatic carbocycles. The van der Waals surface area contributed by atoms with Crippen LogP contribution < -0.4 is 14.4 Å². The van der Waals surface area contributed by atoms with Crippen molar-refractivity contribution in [2.45, 2.75) is 50.7 Å². The monoisotopic (exact) mass is 555 g/mol.